The van der Waals surface area contributed by atoms with Gasteiger partial charge in [0.25, 0.3) is 0 Å². The quantitative estimate of drug-likeness (QED) is 0.869. The van der Waals surface area contributed by atoms with Crippen molar-refractivity contribution in [2.75, 3.05) is 26.2 Å². The van der Waals surface area contributed by atoms with E-state index >= 15 is 0 Å². The van der Waals surface area contributed by atoms with Crippen LogP contribution in [0.2, 0.25) is 0 Å². The third-order valence-electron chi connectivity index (χ3n) is 3.77. The average molecular weight is 250 g/mol. The zero-order valence-corrected chi connectivity index (χ0v) is 10.9. The molecular weight excluding hydrogens is 227 g/mol. The normalized spacial score (nSPS) is 21.1. The maximum absolute atomic E-state index is 13.0. The van der Waals surface area contributed by atoms with Gasteiger partial charge in [-0.2, -0.15) is 0 Å². The number of hydrogen-bond acceptors (Lipinski definition) is 2. The largest absolute Gasteiger partial charge is 0.330 e. The topological polar surface area (TPSA) is 29.3 Å². The third kappa shape index (κ3) is 4.07. The first-order chi connectivity index (χ1) is 8.78. The molecule has 0 radical (unpaired) electrons. The molecule has 2 rings (SSSR count). The minimum Gasteiger partial charge on any atom is -0.330 e. The van der Waals surface area contributed by atoms with Gasteiger partial charge in [0.05, 0.1) is 0 Å². The van der Waals surface area contributed by atoms with Gasteiger partial charge in [-0.25, -0.2) is 4.39 Å². The van der Waals surface area contributed by atoms with Crippen LogP contribution >= 0.6 is 0 Å². The van der Waals surface area contributed by atoms with Crippen molar-refractivity contribution in [3.63, 3.8) is 0 Å². The molecule has 1 saturated heterocycles. The van der Waals surface area contributed by atoms with Gasteiger partial charge in [-0.3, -0.25) is 0 Å². The summed E-state index contributed by atoms with van der Waals surface area (Å²) in [6, 6.07) is 6.93. The summed E-state index contributed by atoms with van der Waals surface area (Å²) < 4.78 is 13.0. The lowest BCUT2D eigenvalue weighted by Gasteiger charge is -2.32. The summed E-state index contributed by atoms with van der Waals surface area (Å²) in [6.45, 7) is 4.24. The van der Waals surface area contributed by atoms with E-state index in [9.17, 15) is 4.39 Å². The van der Waals surface area contributed by atoms with Crippen LogP contribution in [0.3, 0.4) is 0 Å². The number of nitrogens with two attached hydrogens (primary N) is 1. The van der Waals surface area contributed by atoms with E-state index in [1.807, 2.05) is 6.07 Å². The summed E-state index contributed by atoms with van der Waals surface area (Å²) >= 11 is 0. The van der Waals surface area contributed by atoms with E-state index in [2.05, 4.69) is 4.90 Å². The molecule has 1 aromatic rings. The van der Waals surface area contributed by atoms with Gasteiger partial charge >= 0.3 is 0 Å². The third-order valence-corrected chi connectivity index (χ3v) is 3.77. The van der Waals surface area contributed by atoms with Crippen molar-refractivity contribution < 1.29 is 4.39 Å². The van der Waals surface area contributed by atoms with Crippen LogP contribution in [-0.2, 0) is 6.42 Å². The summed E-state index contributed by atoms with van der Waals surface area (Å²) in [5.41, 5.74) is 6.83. The van der Waals surface area contributed by atoms with E-state index < -0.39 is 0 Å². The zero-order valence-electron chi connectivity index (χ0n) is 10.9. The number of rotatable bonds is 5. The summed E-state index contributed by atoms with van der Waals surface area (Å²) in [4.78, 5) is 2.50. The molecule has 3 heteroatoms. The number of piperidine rings is 1. The van der Waals surface area contributed by atoms with Crippen molar-refractivity contribution in [1.82, 2.24) is 4.90 Å². The van der Waals surface area contributed by atoms with Gasteiger partial charge in [0, 0.05) is 6.54 Å². The number of hydrogen-bond donors (Lipinski definition) is 1. The second-order valence-corrected chi connectivity index (χ2v) is 5.28. The first kappa shape index (κ1) is 13.5. The van der Waals surface area contributed by atoms with Gasteiger partial charge in [0.1, 0.15) is 5.82 Å². The highest BCUT2D eigenvalue weighted by Crippen LogP contribution is 2.16. The molecule has 0 saturated carbocycles. The van der Waals surface area contributed by atoms with Crippen LogP contribution in [0.4, 0.5) is 4.39 Å². The molecule has 1 fully saturated rings. The molecule has 1 unspecified atom stereocenters. The molecule has 0 bridgehead atoms. The summed E-state index contributed by atoms with van der Waals surface area (Å²) in [6.07, 6.45) is 4.60. The molecular formula is C15H23FN2. The summed E-state index contributed by atoms with van der Waals surface area (Å²) in [5, 5.41) is 0. The lowest BCUT2D eigenvalue weighted by atomic mass is 9.98. The highest BCUT2D eigenvalue weighted by atomic mass is 19.1. The Labute approximate surface area is 109 Å². The van der Waals surface area contributed by atoms with Gasteiger partial charge in [-0.05, 0) is 68.9 Å². The Morgan fingerprint density at radius 2 is 2.28 bits per heavy atom. The van der Waals surface area contributed by atoms with Crippen LogP contribution < -0.4 is 5.73 Å². The maximum atomic E-state index is 13.0. The smallest absolute Gasteiger partial charge is 0.123 e. The molecule has 1 aliphatic heterocycles. The van der Waals surface area contributed by atoms with Gasteiger partial charge in [0.15, 0.2) is 0 Å². The predicted octanol–water partition coefficient (Wildman–Crippen LogP) is 2.43. The minimum absolute atomic E-state index is 0.131. The molecule has 2 nitrogen and oxygen atoms in total. The van der Waals surface area contributed by atoms with Crippen LogP contribution in [-0.4, -0.2) is 31.1 Å². The van der Waals surface area contributed by atoms with E-state index in [1.54, 1.807) is 12.1 Å². The Hall–Kier alpha value is -0.930. The van der Waals surface area contributed by atoms with Crippen LogP contribution in [0, 0.1) is 11.7 Å². The van der Waals surface area contributed by atoms with Gasteiger partial charge < -0.3 is 10.6 Å². The second kappa shape index (κ2) is 6.86. The first-order valence-electron chi connectivity index (χ1n) is 6.95. The summed E-state index contributed by atoms with van der Waals surface area (Å²) in [7, 11) is 0. The van der Waals surface area contributed by atoms with E-state index in [1.165, 1.54) is 25.5 Å². The molecule has 0 aromatic heterocycles. The Balaban J connectivity index is 1.72. The molecule has 0 amide bonds. The fourth-order valence-corrected chi connectivity index (χ4v) is 2.75. The molecule has 2 N–H and O–H groups in total. The molecule has 1 heterocycles. The van der Waals surface area contributed by atoms with Crippen molar-refractivity contribution in [2.24, 2.45) is 11.7 Å². The second-order valence-electron chi connectivity index (χ2n) is 5.28. The molecule has 18 heavy (non-hydrogen) atoms. The number of halogens is 1. The van der Waals surface area contributed by atoms with Crippen molar-refractivity contribution in [2.45, 2.75) is 25.7 Å². The van der Waals surface area contributed by atoms with Crippen molar-refractivity contribution in [3.8, 4) is 0 Å². The highest BCUT2D eigenvalue weighted by molar-refractivity contribution is 5.16. The summed E-state index contributed by atoms with van der Waals surface area (Å²) in [5.74, 6) is 0.543. The standard InChI is InChI=1S/C15H23FN2/c16-15-7-1-4-13(10-15)5-2-8-18-9-3-6-14(11-17)12-18/h1,4,7,10,14H,2-3,5-6,8-9,11-12,17H2. The highest BCUT2D eigenvalue weighted by Gasteiger charge is 2.17. The van der Waals surface area contributed by atoms with Crippen LogP contribution in [0.25, 0.3) is 0 Å². The van der Waals surface area contributed by atoms with E-state index in [-0.39, 0.29) is 5.82 Å². The molecule has 1 atom stereocenters. The minimum atomic E-state index is -0.131. The van der Waals surface area contributed by atoms with E-state index in [0.717, 1.165) is 38.0 Å². The Kier molecular flexibility index (Phi) is 5.14. The lowest BCUT2D eigenvalue weighted by molar-refractivity contribution is 0.176. The predicted molar refractivity (Wildman–Crippen MR) is 72.9 cm³/mol. The van der Waals surface area contributed by atoms with Crippen LogP contribution in [0.5, 0.6) is 0 Å². The fourth-order valence-electron chi connectivity index (χ4n) is 2.75. The molecule has 0 spiro atoms. The fraction of sp³-hybridized carbons (Fsp3) is 0.600. The monoisotopic (exact) mass is 250 g/mol. The molecule has 1 aromatic carbocycles. The van der Waals surface area contributed by atoms with E-state index in [4.69, 9.17) is 5.73 Å². The maximum Gasteiger partial charge on any atom is 0.123 e. The van der Waals surface area contributed by atoms with Gasteiger partial charge in [-0.1, -0.05) is 12.1 Å². The van der Waals surface area contributed by atoms with Crippen molar-refractivity contribution >= 4 is 0 Å². The van der Waals surface area contributed by atoms with Gasteiger partial charge in [0.2, 0.25) is 0 Å². The lowest BCUT2D eigenvalue weighted by Crippen LogP contribution is -2.38. The first-order valence-corrected chi connectivity index (χ1v) is 6.95. The number of likely N-dealkylation sites (tertiary alicyclic amines) is 1. The van der Waals surface area contributed by atoms with Crippen LogP contribution in [0.15, 0.2) is 24.3 Å². The Bertz CT molecular complexity index is 367. The molecule has 100 valence electrons. The van der Waals surface area contributed by atoms with E-state index in [0.29, 0.717) is 5.92 Å². The molecule has 1 aliphatic rings. The van der Waals surface area contributed by atoms with Crippen LogP contribution in [0.1, 0.15) is 24.8 Å². The van der Waals surface area contributed by atoms with Gasteiger partial charge in [-0.15, -0.1) is 0 Å². The Morgan fingerprint density at radius 3 is 3.06 bits per heavy atom. The average Bonchev–Trinajstić information content (AvgIpc) is 2.39. The SMILES string of the molecule is NCC1CCCN(CCCc2cccc(F)c2)C1. The number of aryl methyl sites for hydroxylation is 1. The van der Waals surface area contributed by atoms with Crippen molar-refractivity contribution in [1.29, 1.82) is 0 Å². The van der Waals surface area contributed by atoms with Crippen molar-refractivity contribution in [3.05, 3.63) is 35.6 Å². The Morgan fingerprint density at radius 1 is 1.39 bits per heavy atom. The number of benzene rings is 1. The molecule has 0 aliphatic carbocycles. The zero-order chi connectivity index (χ0) is 12.8. The number of nitrogens with zero attached hydrogens (tertiary/aromatic N) is 1.